The van der Waals surface area contributed by atoms with Crippen LogP contribution in [0.1, 0.15) is 20.4 Å². The number of rotatable bonds is 8. The van der Waals surface area contributed by atoms with Crippen LogP contribution in [-0.2, 0) is 17.7 Å². The minimum absolute atomic E-state index is 0.218. The second-order valence-electron chi connectivity index (χ2n) is 5.80. The first-order valence-electron chi connectivity index (χ1n) is 8.43. The van der Waals surface area contributed by atoms with Crippen LogP contribution in [-0.4, -0.2) is 40.9 Å². The van der Waals surface area contributed by atoms with Gasteiger partial charge in [0.25, 0.3) is 11.5 Å². The fourth-order valence-electron chi connectivity index (χ4n) is 2.42. The van der Waals surface area contributed by atoms with Gasteiger partial charge in [0.1, 0.15) is 5.69 Å². The highest BCUT2D eigenvalue weighted by atomic mass is 32.1. The Morgan fingerprint density at radius 1 is 1.30 bits per heavy atom. The van der Waals surface area contributed by atoms with Gasteiger partial charge in [0.15, 0.2) is 0 Å². The highest BCUT2D eigenvalue weighted by Gasteiger charge is 2.10. The van der Waals surface area contributed by atoms with E-state index in [0.29, 0.717) is 19.7 Å². The number of carbonyl (C=O) groups excluding carboxylic acids is 1. The molecule has 0 bridgehead atoms. The van der Waals surface area contributed by atoms with Crippen LogP contribution in [0.2, 0.25) is 0 Å². The number of thiophene rings is 1. The summed E-state index contributed by atoms with van der Waals surface area (Å²) in [7, 11) is 1.55. The van der Waals surface area contributed by atoms with Crippen LogP contribution < -0.4 is 10.9 Å². The molecule has 0 fully saturated rings. The van der Waals surface area contributed by atoms with Gasteiger partial charge in [0.05, 0.1) is 28.7 Å². The van der Waals surface area contributed by atoms with Crippen molar-refractivity contribution in [1.82, 2.24) is 20.1 Å². The Kier molecular flexibility index (Phi) is 6.49. The van der Waals surface area contributed by atoms with Crippen molar-refractivity contribution in [2.24, 2.45) is 0 Å². The highest BCUT2D eigenvalue weighted by molar-refractivity contribution is 7.16. The van der Waals surface area contributed by atoms with Crippen LogP contribution in [0.3, 0.4) is 0 Å². The third-order valence-corrected chi connectivity index (χ3v) is 5.74. The van der Waals surface area contributed by atoms with Gasteiger partial charge in [0.2, 0.25) is 0 Å². The minimum atomic E-state index is -0.298. The number of thiazole rings is 1. The molecular formula is C18H20N4O3S2. The molecule has 0 aliphatic heterocycles. The van der Waals surface area contributed by atoms with E-state index in [2.05, 4.69) is 32.9 Å². The number of ether oxygens (including phenoxy) is 1. The topological polar surface area (TPSA) is 86.1 Å². The summed E-state index contributed by atoms with van der Waals surface area (Å²) in [5.41, 5.74) is 0.961. The van der Waals surface area contributed by atoms with Crippen molar-refractivity contribution in [3.8, 4) is 10.6 Å². The summed E-state index contributed by atoms with van der Waals surface area (Å²) in [4.78, 5) is 30.8. The van der Waals surface area contributed by atoms with E-state index in [1.165, 1.54) is 21.7 Å². The predicted molar refractivity (Wildman–Crippen MR) is 107 cm³/mol. The quantitative estimate of drug-likeness (QED) is 0.623. The van der Waals surface area contributed by atoms with Crippen molar-refractivity contribution < 1.29 is 9.53 Å². The van der Waals surface area contributed by atoms with Gasteiger partial charge in [-0.05, 0) is 31.5 Å². The average Bonchev–Trinajstić information content (AvgIpc) is 3.30. The molecule has 0 aromatic carbocycles. The Balaban J connectivity index is 1.55. The Morgan fingerprint density at radius 2 is 2.15 bits per heavy atom. The van der Waals surface area contributed by atoms with E-state index in [1.807, 2.05) is 6.92 Å². The number of hydrogen-bond donors (Lipinski definition) is 1. The van der Waals surface area contributed by atoms with Crippen molar-refractivity contribution >= 4 is 28.6 Å². The molecule has 0 radical (unpaired) electrons. The number of methoxy groups -OCH3 is 1. The van der Waals surface area contributed by atoms with Crippen molar-refractivity contribution in [3.63, 3.8) is 0 Å². The van der Waals surface area contributed by atoms with Crippen LogP contribution in [0.15, 0.2) is 34.4 Å². The molecule has 0 unspecified atom stereocenters. The van der Waals surface area contributed by atoms with Crippen molar-refractivity contribution in [1.29, 1.82) is 0 Å². The number of amides is 1. The molecule has 0 aliphatic carbocycles. The second-order valence-corrected chi connectivity index (χ2v) is 8.03. The van der Waals surface area contributed by atoms with Gasteiger partial charge >= 0.3 is 0 Å². The monoisotopic (exact) mass is 404 g/mol. The van der Waals surface area contributed by atoms with Gasteiger partial charge in [-0.2, -0.15) is 5.10 Å². The van der Waals surface area contributed by atoms with E-state index in [1.54, 1.807) is 29.8 Å². The summed E-state index contributed by atoms with van der Waals surface area (Å²) in [5, 5.41) is 10.0. The lowest BCUT2D eigenvalue weighted by molar-refractivity contribution is 0.0945. The molecule has 9 heteroatoms. The summed E-state index contributed by atoms with van der Waals surface area (Å²) in [6, 6.07) is 6.90. The SMILES string of the molecule is COCCn1nc(C(=O)NCCc2ccc(-c3csc(C)n3)s2)ccc1=O. The molecule has 1 amide bonds. The lowest BCUT2D eigenvalue weighted by Crippen LogP contribution is -2.31. The maximum absolute atomic E-state index is 12.3. The molecule has 3 rings (SSSR count). The van der Waals surface area contributed by atoms with Crippen LogP contribution in [0, 0.1) is 6.92 Å². The summed E-state index contributed by atoms with van der Waals surface area (Å²) in [6.07, 6.45) is 0.725. The van der Waals surface area contributed by atoms with Crippen LogP contribution in [0.5, 0.6) is 0 Å². The van der Waals surface area contributed by atoms with Gasteiger partial charge in [-0.25, -0.2) is 9.67 Å². The highest BCUT2D eigenvalue weighted by Crippen LogP contribution is 2.29. The number of nitrogens with zero attached hydrogens (tertiary/aromatic N) is 3. The minimum Gasteiger partial charge on any atom is -0.383 e. The van der Waals surface area contributed by atoms with Crippen LogP contribution >= 0.6 is 22.7 Å². The molecule has 3 heterocycles. The Labute approximate surface area is 164 Å². The zero-order valence-corrected chi connectivity index (χ0v) is 16.7. The lowest BCUT2D eigenvalue weighted by atomic mass is 10.3. The zero-order chi connectivity index (χ0) is 19.2. The molecule has 0 saturated carbocycles. The molecule has 3 aromatic heterocycles. The average molecular weight is 405 g/mol. The summed E-state index contributed by atoms with van der Waals surface area (Å²) in [5.74, 6) is -0.298. The van der Waals surface area contributed by atoms with Gasteiger partial charge in [-0.1, -0.05) is 0 Å². The molecule has 142 valence electrons. The summed E-state index contributed by atoms with van der Waals surface area (Å²) < 4.78 is 6.18. The van der Waals surface area contributed by atoms with E-state index in [0.717, 1.165) is 22.0 Å². The molecule has 0 aliphatic rings. The number of hydrogen-bond acceptors (Lipinski definition) is 7. The van der Waals surface area contributed by atoms with Gasteiger partial charge in [0, 0.05) is 30.0 Å². The first-order chi connectivity index (χ1) is 13.1. The lowest BCUT2D eigenvalue weighted by Gasteiger charge is -2.07. The Bertz CT molecular complexity index is 977. The standard InChI is InChI=1S/C18H20N4O3S2/c1-12-20-15(11-26-12)16-5-3-13(27-16)7-8-19-18(24)14-4-6-17(23)22(21-14)9-10-25-2/h3-6,11H,7-10H2,1-2H3,(H,19,24). The van der Waals surface area contributed by atoms with E-state index < -0.39 is 0 Å². The largest absolute Gasteiger partial charge is 0.383 e. The molecule has 7 nitrogen and oxygen atoms in total. The molecule has 3 aromatic rings. The smallest absolute Gasteiger partial charge is 0.271 e. The van der Waals surface area contributed by atoms with Crippen LogP contribution in [0.25, 0.3) is 10.6 Å². The van der Waals surface area contributed by atoms with Crippen molar-refractivity contribution in [2.45, 2.75) is 19.9 Å². The maximum atomic E-state index is 12.3. The summed E-state index contributed by atoms with van der Waals surface area (Å²) >= 11 is 3.31. The van der Waals surface area contributed by atoms with Crippen molar-refractivity contribution in [3.05, 3.63) is 55.6 Å². The van der Waals surface area contributed by atoms with Crippen molar-refractivity contribution in [2.75, 3.05) is 20.3 Å². The van der Waals surface area contributed by atoms with Gasteiger partial charge in [-0.15, -0.1) is 22.7 Å². The third kappa shape index (κ3) is 5.09. The predicted octanol–water partition coefficient (Wildman–Crippen LogP) is 2.36. The number of aryl methyl sites for hydroxylation is 1. The molecule has 0 saturated heterocycles. The first kappa shape index (κ1) is 19.4. The van der Waals surface area contributed by atoms with E-state index in [-0.39, 0.29) is 17.2 Å². The van der Waals surface area contributed by atoms with Crippen LogP contribution in [0.4, 0.5) is 0 Å². The Hall–Kier alpha value is -2.36. The third-order valence-electron chi connectivity index (χ3n) is 3.80. The second kappa shape index (κ2) is 9.03. The van der Waals surface area contributed by atoms with Gasteiger partial charge in [-0.3, -0.25) is 9.59 Å². The number of carbonyl (C=O) groups is 1. The molecule has 1 N–H and O–H groups in total. The van der Waals surface area contributed by atoms with E-state index in [9.17, 15) is 9.59 Å². The molecular weight excluding hydrogens is 384 g/mol. The fourth-order valence-corrected chi connectivity index (χ4v) is 4.08. The molecule has 0 atom stereocenters. The fraction of sp³-hybridized carbons (Fsp3) is 0.333. The number of nitrogens with one attached hydrogen (secondary N) is 1. The number of aromatic nitrogens is 3. The molecule has 27 heavy (non-hydrogen) atoms. The Morgan fingerprint density at radius 3 is 2.89 bits per heavy atom. The summed E-state index contributed by atoms with van der Waals surface area (Å²) in [6.45, 7) is 3.15. The van der Waals surface area contributed by atoms with E-state index >= 15 is 0 Å². The van der Waals surface area contributed by atoms with E-state index in [4.69, 9.17) is 4.74 Å². The normalized spacial score (nSPS) is 10.9. The molecule has 0 spiro atoms. The zero-order valence-electron chi connectivity index (χ0n) is 15.1. The maximum Gasteiger partial charge on any atom is 0.271 e. The first-order valence-corrected chi connectivity index (χ1v) is 10.1. The van der Waals surface area contributed by atoms with Gasteiger partial charge < -0.3 is 10.1 Å².